The van der Waals surface area contributed by atoms with Crippen molar-refractivity contribution in [1.82, 2.24) is 20.1 Å². The zero-order valence-corrected chi connectivity index (χ0v) is 18.1. The minimum absolute atomic E-state index is 0.126. The van der Waals surface area contributed by atoms with E-state index in [0.717, 1.165) is 16.5 Å². The Balaban J connectivity index is 1.63. The molecule has 0 spiro atoms. The van der Waals surface area contributed by atoms with Crippen molar-refractivity contribution in [1.29, 1.82) is 0 Å². The monoisotopic (exact) mass is 444 g/mol. The number of hydrogen-bond donors (Lipinski definition) is 2. The van der Waals surface area contributed by atoms with Crippen LogP contribution in [0, 0.1) is 0 Å². The van der Waals surface area contributed by atoms with Crippen molar-refractivity contribution in [2.24, 2.45) is 0 Å². The zero-order chi connectivity index (χ0) is 23.2. The van der Waals surface area contributed by atoms with Gasteiger partial charge in [0.05, 0.1) is 23.7 Å². The summed E-state index contributed by atoms with van der Waals surface area (Å²) >= 11 is 0. The molecule has 0 aliphatic carbocycles. The second-order valence-corrected chi connectivity index (χ2v) is 7.47. The average molecular weight is 444 g/mol. The van der Waals surface area contributed by atoms with Crippen LogP contribution in [0.4, 0.5) is 0 Å². The van der Waals surface area contributed by atoms with Crippen LogP contribution in [0.1, 0.15) is 22.8 Å². The Morgan fingerprint density at radius 2 is 1.82 bits per heavy atom. The molecule has 1 amide bonds. The molecule has 0 fully saturated rings. The Hall–Kier alpha value is -4.04. The van der Waals surface area contributed by atoms with Crippen molar-refractivity contribution in [3.63, 3.8) is 0 Å². The summed E-state index contributed by atoms with van der Waals surface area (Å²) < 4.78 is 6.52. The van der Waals surface area contributed by atoms with E-state index in [0.29, 0.717) is 5.82 Å². The first-order chi connectivity index (χ1) is 16.1. The molecule has 0 saturated carbocycles. The van der Waals surface area contributed by atoms with Crippen LogP contribution in [0.3, 0.4) is 0 Å². The molecule has 33 heavy (non-hydrogen) atoms. The lowest BCUT2D eigenvalue weighted by atomic mass is 10.0. The second kappa shape index (κ2) is 10.1. The van der Waals surface area contributed by atoms with Crippen molar-refractivity contribution in [2.75, 3.05) is 6.61 Å². The molecule has 2 N–H and O–H groups in total. The summed E-state index contributed by atoms with van der Waals surface area (Å²) in [7, 11) is 0. The number of esters is 1. The van der Waals surface area contributed by atoms with Crippen LogP contribution in [-0.4, -0.2) is 50.5 Å². The molecule has 0 bridgehead atoms. The third-order valence-corrected chi connectivity index (χ3v) is 5.19. The van der Waals surface area contributed by atoms with Gasteiger partial charge in [0.15, 0.2) is 11.9 Å². The van der Waals surface area contributed by atoms with Crippen molar-refractivity contribution >= 4 is 22.8 Å². The van der Waals surface area contributed by atoms with Crippen molar-refractivity contribution in [3.05, 3.63) is 90.3 Å². The molecule has 4 aromatic rings. The number of hydrogen-bond acceptors (Lipinski definition) is 6. The number of aliphatic hydroxyl groups is 1. The average Bonchev–Trinajstić information content (AvgIpc) is 3.28. The molecule has 0 radical (unpaired) electrons. The number of aromatic nitrogens is 3. The molecular weight excluding hydrogens is 420 g/mol. The predicted octanol–water partition coefficient (Wildman–Crippen LogP) is 2.69. The van der Waals surface area contributed by atoms with E-state index in [1.165, 1.54) is 0 Å². The summed E-state index contributed by atoms with van der Waals surface area (Å²) in [6.07, 6.45) is 2.09. The van der Waals surface area contributed by atoms with Gasteiger partial charge in [0.2, 0.25) is 0 Å². The lowest BCUT2D eigenvalue weighted by Gasteiger charge is -2.23. The first kappa shape index (κ1) is 22.2. The minimum Gasteiger partial charge on any atom is -0.464 e. The quantitative estimate of drug-likeness (QED) is 0.405. The Morgan fingerprint density at radius 1 is 1.06 bits per heavy atom. The van der Waals surface area contributed by atoms with Gasteiger partial charge in [-0.1, -0.05) is 48.5 Å². The Labute approximate surface area is 190 Å². The molecule has 2 heterocycles. The molecule has 0 saturated heterocycles. The van der Waals surface area contributed by atoms with E-state index in [1.54, 1.807) is 36.1 Å². The van der Waals surface area contributed by atoms with E-state index in [-0.39, 0.29) is 18.6 Å². The van der Waals surface area contributed by atoms with Crippen molar-refractivity contribution in [2.45, 2.75) is 25.5 Å². The van der Waals surface area contributed by atoms with Gasteiger partial charge in [-0.3, -0.25) is 4.79 Å². The number of nitrogens with zero attached hydrogens (tertiary/aromatic N) is 3. The van der Waals surface area contributed by atoms with Crippen LogP contribution >= 0.6 is 0 Å². The fourth-order valence-electron chi connectivity index (χ4n) is 3.58. The molecule has 2 unspecified atom stereocenters. The maximum absolute atomic E-state index is 13.3. The maximum atomic E-state index is 13.3. The first-order valence-corrected chi connectivity index (χ1v) is 10.7. The topological polar surface area (TPSA) is 106 Å². The highest BCUT2D eigenvalue weighted by atomic mass is 16.5. The van der Waals surface area contributed by atoms with Crippen molar-refractivity contribution in [3.8, 4) is 5.82 Å². The van der Waals surface area contributed by atoms with Gasteiger partial charge in [0, 0.05) is 17.8 Å². The molecule has 2 aromatic carbocycles. The highest BCUT2D eigenvalue weighted by molar-refractivity contribution is 5.97. The number of carbonyl (C=O) groups is 2. The third kappa shape index (κ3) is 5.07. The summed E-state index contributed by atoms with van der Waals surface area (Å²) in [5.74, 6) is -0.930. The number of fused-ring (bicyclic) bond motifs is 1. The second-order valence-electron chi connectivity index (χ2n) is 7.47. The lowest BCUT2D eigenvalue weighted by molar-refractivity contribution is -0.154. The Morgan fingerprint density at radius 3 is 2.58 bits per heavy atom. The zero-order valence-electron chi connectivity index (χ0n) is 18.1. The molecular formula is C25H24N4O4. The van der Waals surface area contributed by atoms with Crippen LogP contribution in [0.25, 0.3) is 16.7 Å². The summed E-state index contributed by atoms with van der Waals surface area (Å²) in [5.41, 5.74) is 1.89. The third-order valence-electron chi connectivity index (χ3n) is 5.19. The number of nitrogens with one attached hydrogen (secondary N) is 1. The molecule has 8 heteroatoms. The van der Waals surface area contributed by atoms with Gasteiger partial charge < -0.3 is 15.2 Å². The predicted molar refractivity (Wildman–Crippen MR) is 123 cm³/mol. The SMILES string of the molecule is CCOC(=O)C(O)C(Cc1ccccc1)NC(=O)c1cccnc1-n1cc2ccccc2n1. The van der Waals surface area contributed by atoms with Crippen molar-refractivity contribution < 1.29 is 19.4 Å². The van der Waals surface area contributed by atoms with Gasteiger partial charge >= 0.3 is 5.97 Å². The number of aliphatic hydroxyl groups excluding tert-OH is 1. The minimum atomic E-state index is -1.53. The molecule has 8 nitrogen and oxygen atoms in total. The lowest BCUT2D eigenvalue weighted by Crippen LogP contribution is -2.49. The number of amides is 1. The van der Waals surface area contributed by atoms with Gasteiger partial charge in [0.25, 0.3) is 5.91 Å². The number of benzene rings is 2. The largest absolute Gasteiger partial charge is 0.464 e. The van der Waals surface area contributed by atoms with Gasteiger partial charge in [-0.25, -0.2) is 14.5 Å². The molecule has 168 valence electrons. The highest BCUT2D eigenvalue weighted by Gasteiger charge is 2.30. The number of carbonyl (C=O) groups excluding carboxylic acids is 2. The maximum Gasteiger partial charge on any atom is 0.337 e. The van der Waals surface area contributed by atoms with Crippen LogP contribution in [0.15, 0.2) is 79.1 Å². The van der Waals surface area contributed by atoms with E-state index in [4.69, 9.17) is 4.74 Å². The van der Waals surface area contributed by atoms with Gasteiger partial charge in [-0.05, 0) is 37.1 Å². The first-order valence-electron chi connectivity index (χ1n) is 10.7. The van der Waals surface area contributed by atoms with E-state index in [9.17, 15) is 14.7 Å². The summed E-state index contributed by atoms with van der Waals surface area (Å²) in [6, 6.07) is 19.3. The van der Waals surface area contributed by atoms with E-state index < -0.39 is 24.0 Å². The van der Waals surface area contributed by atoms with Crippen LogP contribution in [0.5, 0.6) is 0 Å². The standard InChI is InChI=1S/C25H24N4O4/c1-2-33-25(32)22(30)21(15-17-9-4-3-5-10-17)27-24(31)19-12-8-14-26-23(19)29-16-18-11-6-7-13-20(18)28-29/h3-14,16,21-22,30H,2,15H2,1H3,(H,27,31). The smallest absolute Gasteiger partial charge is 0.337 e. The Kier molecular flexibility index (Phi) is 6.75. The molecule has 2 aromatic heterocycles. The summed E-state index contributed by atoms with van der Waals surface area (Å²) in [5, 5.41) is 18.8. The Bertz CT molecular complexity index is 1220. The van der Waals surface area contributed by atoms with Gasteiger partial charge in [-0.15, -0.1) is 0 Å². The van der Waals surface area contributed by atoms with Crippen LogP contribution < -0.4 is 5.32 Å². The van der Waals surface area contributed by atoms with E-state index in [2.05, 4.69) is 15.4 Å². The molecule has 0 aliphatic heterocycles. The van der Waals surface area contributed by atoms with E-state index >= 15 is 0 Å². The normalized spacial score (nSPS) is 12.8. The fourth-order valence-corrected chi connectivity index (χ4v) is 3.58. The van der Waals surface area contributed by atoms with E-state index in [1.807, 2.05) is 54.6 Å². The number of ether oxygens (including phenoxy) is 1. The summed E-state index contributed by atoms with van der Waals surface area (Å²) in [4.78, 5) is 29.9. The number of rotatable bonds is 8. The van der Waals surface area contributed by atoms with Gasteiger partial charge in [-0.2, -0.15) is 5.10 Å². The fraction of sp³-hybridized carbons (Fsp3) is 0.200. The molecule has 4 rings (SSSR count). The van der Waals surface area contributed by atoms with Crippen LogP contribution in [0.2, 0.25) is 0 Å². The molecule has 0 aliphatic rings. The van der Waals surface area contributed by atoms with Crippen LogP contribution in [-0.2, 0) is 16.0 Å². The summed E-state index contributed by atoms with van der Waals surface area (Å²) in [6.45, 7) is 1.78. The highest BCUT2D eigenvalue weighted by Crippen LogP contribution is 2.17. The molecule has 2 atom stereocenters. The van der Waals surface area contributed by atoms with Gasteiger partial charge in [0.1, 0.15) is 0 Å². The number of pyridine rings is 1.